The Morgan fingerprint density at radius 3 is 2.58 bits per heavy atom. The molecule has 2 N–H and O–H groups in total. The van der Waals surface area contributed by atoms with Gasteiger partial charge in [0, 0.05) is 19.1 Å². The molecule has 1 saturated carbocycles. The number of methoxy groups -OCH3 is 2. The van der Waals surface area contributed by atoms with Gasteiger partial charge in [-0.05, 0) is 49.9 Å². The molecule has 0 amide bonds. The second-order valence-electron chi connectivity index (χ2n) is 5.81. The molecule has 0 spiro atoms. The standard InChI is InChI=1S/C18H29N3O2.HI/c1-4-19-18(21-15-7-5-6-8-15)20-12-11-14-13-16(22-2)9-10-17(14)23-3;/h9-10,13,15H,4-8,11-12H2,1-3H3,(H2,19,20,21);1H. The molecule has 1 aliphatic carbocycles. The zero-order valence-corrected chi connectivity index (χ0v) is 17.3. The molecule has 0 aliphatic heterocycles. The lowest BCUT2D eigenvalue weighted by atomic mass is 10.1. The lowest BCUT2D eigenvalue weighted by Crippen LogP contribution is -2.42. The highest BCUT2D eigenvalue weighted by Gasteiger charge is 2.15. The van der Waals surface area contributed by atoms with E-state index < -0.39 is 0 Å². The summed E-state index contributed by atoms with van der Waals surface area (Å²) in [7, 11) is 3.37. The lowest BCUT2D eigenvalue weighted by molar-refractivity contribution is 0.399. The second-order valence-corrected chi connectivity index (χ2v) is 5.81. The highest BCUT2D eigenvalue weighted by molar-refractivity contribution is 14.0. The van der Waals surface area contributed by atoms with Crippen LogP contribution < -0.4 is 20.1 Å². The summed E-state index contributed by atoms with van der Waals surface area (Å²) in [6.07, 6.45) is 5.94. The van der Waals surface area contributed by atoms with Crippen LogP contribution in [0.2, 0.25) is 0 Å². The van der Waals surface area contributed by atoms with Crippen molar-refractivity contribution in [1.29, 1.82) is 0 Å². The molecular weight excluding hydrogens is 417 g/mol. The molecular formula is C18H30IN3O2. The predicted molar refractivity (Wildman–Crippen MR) is 110 cm³/mol. The molecule has 0 unspecified atom stereocenters. The number of hydrogen-bond donors (Lipinski definition) is 2. The smallest absolute Gasteiger partial charge is 0.191 e. The molecule has 1 aromatic rings. The zero-order valence-electron chi connectivity index (χ0n) is 14.9. The van der Waals surface area contributed by atoms with Gasteiger partial charge in [0.1, 0.15) is 11.5 Å². The molecule has 5 nitrogen and oxygen atoms in total. The molecule has 6 heteroatoms. The third-order valence-corrected chi connectivity index (χ3v) is 4.18. The number of hydrogen-bond acceptors (Lipinski definition) is 3. The van der Waals surface area contributed by atoms with Crippen LogP contribution in [0.5, 0.6) is 11.5 Å². The van der Waals surface area contributed by atoms with E-state index in [2.05, 4.69) is 17.6 Å². The molecule has 0 bridgehead atoms. The minimum Gasteiger partial charge on any atom is -0.497 e. The van der Waals surface area contributed by atoms with Crippen molar-refractivity contribution >= 4 is 29.9 Å². The topological polar surface area (TPSA) is 54.9 Å². The number of ether oxygens (including phenoxy) is 2. The first-order valence-electron chi connectivity index (χ1n) is 8.52. The van der Waals surface area contributed by atoms with Crippen LogP contribution in [0.4, 0.5) is 0 Å². The van der Waals surface area contributed by atoms with Gasteiger partial charge in [0.15, 0.2) is 5.96 Å². The number of guanidine groups is 1. The van der Waals surface area contributed by atoms with Crippen molar-refractivity contribution in [3.63, 3.8) is 0 Å². The van der Waals surface area contributed by atoms with Crippen molar-refractivity contribution in [3.05, 3.63) is 23.8 Å². The summed E-state index contributed by atoms with van der Waals surface area (Å²) >= 11 is 0. The van der Waals surface area contributed by atoms with Crippen molar-refractivity contribution in [1.82, 2.24) is 10.6 Å². The molecule has 1 aromatic carbocycles. The van der Waals surface area contributed by atoms with Crippen molar-refractivity contribution < 1.29 is 9.47 Å². The monoisotopic (exact) mass is 447 g/mol. The van der Waals surface area contributed by atoms with Crippen molar-refractivity contribution in [2.75, 3.05) is 27.3 Å². The average molecular weight is 447 g/mol. The van der Waals surface area contributed by atoms with E-state index in [1.54, 1.807) is 14.2 Å². The molecule has 0 radical (unpaired) electrons. The van der Waals surface area contributed by atoms with Crippen LogP contribution >= 0.6 is 24.0 Å². The van der Waals surface area contributed by atoms with E-state index in [-0.39, 0.29) is 24.0 Å². The third-order valence-electron chi connectivity index (χ3n) is 4.18. The molecule has 0 heterocycles. The van der Waals surface area contributed by atoms with Crippen molar-refractivity contribution in [3.8, 4) is 11.5 Å². The lowest BCUT2D eigenvalue weighted by Gasteiger charge is -2.16. The molecule has 0 atom stereocenters. The Morgan fingerprint density at radius 2 is 1.96 bits per heavy atom. The van der Waals surface area contributed by atoms with Crippen LogP contribution in [0.15, 0.2) is 23.2 Å². The number of halogens is 1. The van der Waals surface area contributed by atoms with E-state index >= 15 is 0 Å². The van der Waals surface area contributed by atoms with Gasteiger partial charge in [-0.25, -0.2) is 0 Å². The predicted octanol–water partition coefficient (Wildman–Crippen LogP) is 3.36. The highest BCUT2D eigenvalue weighted by atomic mass is 127. The Bertz CT molecular complexity index is 517. The van der Waals surface area contributed by atoms with Gasteiger partial charge in [0.25, 0.3) is 0 Å². The maximum Gasteiger partial charge on any atom is 0.191 e. The fourth-order valence-corrected chi connectivity index (χ4v) is 2.95. The molecule has 136 valence electrons. The van der Waals surface area contributed by atoms with E-state index in [1.807, 2.05) is 18.2 Å². The van der Waals surface area contributed by atoms with Crippen LogP contribution in [-0.2, 0) is 6.42 Å². The number of aliphatic imine (C=N–C) groups is 1. The molecule has 0 saturated heterocycles. The van der Waals surface area contributed by atoms with Crippen molar-refractivity contribution in [2.45, 2.75) is 45.1 Å². The summed E-state index contributed by atoms with van der Waals surface area (Å²) < 4.78 is 10.7. The van der Waals surface area contributed by atoms with Crippen LogP contribution in [0.25, 0.3) is 0 Å². The Morgan fingerprint density at radius 1 is 1.21 bits per heavy atom. The quantitative estimate of drug-likeness (QED) is 0.383. The molecule has 1 fully saturated rings. The van der Waals surface area contributed by atoms with Crippen molar-refractivity contribution in [2.24, 2.45) is 4.99 Å². The first kappa shape index (κ1) is 20.9. The number of benzene rings is 1. The maximum atomic E-state index is 5.42. The van der Waals surface area contributed by atoms with Gasteiger partial charge in [-0.1, -0.05) is 12.8 Å². The molecule has 2 rings (SSSR count). The van der Waals surface area contributed by atoms with Gasteiger partial charge in [-0.2, -0.15) is 0 Å². The largest absolute Gasteiger partial charge is 0.497 e. The third kappa shape index (κ3) is 6.37. The van der Waals surface area contributed by atoms with E-state index in [4.69, 9.17) is 14.5 Å². The Balaban J connectivity index is 0.00000288. The molecule has 0 aromatic heterocycles. The van der Waals surface area contributed by atoms with Crippen LogP contribution in [0, 0.1) is 0 Å². The SMILES string of the molecule is CCNC(=NCCc1cc(OC)ccc1OC)NC1CCCC1.I. The van der Waals surface area contributed by atoms with Gasteiger partial charge in [-0.15, -0.1) is 24.0 Å². The van der Waals surface area contributed by atoms with E-state index in [1.165, 1.54) is 25.7 Å². The van der Waals surface area contributed by atoms with Gasteiger partial charge < -0.3 is 20.1 Å². The Labute approximate surface area is 162 Å². The van der Waals surface area contributed by atoms with Gasteiger partial charge >= 0.3 is 0 Å². The van der Waals surface area contributed by atoms with Crippen LogP contribution in [0.1, 0.15) is 38.2 Å². The van der Waals surface area contributed by atoms with Crippen LogP contribution in [0.3, 0.4) is 0 Å². The second kappa shape index (κ2) is 11.4. The normalized spacial score (nSPS) is 14.9. The minimum absolute atomic E-state index is 0. The fourth-order valence-electron chi connectivity index (χ4n) is 2.95. The van der Waals surface area contributed by atoms with E-state index in [0.717, 1.165) is 36.0 Å². The first-order chi connectivity index (χ1) is 11.3. The summed E-state index contributed by atoms with van der Waals surface area (Å²) in [5.41, 5.74) is 1.12. The number of rotatable bonds is 7. The molecule has 1 aliphatic rings. The fraction of sp³-hybridized carbons (Fsp3) is 0.611. The maximum absolute atomic E-state index is 5.42. The summed E-state index contributed by atoms with van der Waals surface area (Å²) in [4.78, 5) is 4.70. The zero-order chi connectivity index (χ0) is 16.5. The number of nitrogens with zero attached hydrogens (tertiary/aromatic N) is 1. The van der Waals surface area contributed by atoms with E-state index in [9.17, 15) is 0 Å². The number of nitrogens with one attached hydrogen (secondary N) is 2. The first-order valence-corrected chi connectivity index (χ1v) is 8.52. The summed E-state index contributed by atoms with van der Waals surface area (Å²) in [6.45, 7) is 3.68. The molecule has 24 heavy (non-hydrogen) atoms. The minimum atomic E-state index is 0. The highest BCUT2D eigenvalue weighted by Crippen LogP contribution is 2.24. The summed E-state index contributed by atoms with van der Waals surface area (Å²) in [5, 5.41) is 6.87. The van der Waals surface area contributed by atoms with E-state index in [0.29, 0.717) is 12.6 Å². The van der Waals surface area contributed by atoms with Crippen LogP contribution in [-0.4, -0.2) is 39.3 Å². The Hall–Kier alpha value is -1.18. The van der Waals surface area contributed by atoms with Gasteiger partial charge in [0.05, 0.1) is 14.2 Å². The Kier molecular flexibility index (Phi) is 9.90. The van der Waals surface area contributed by atoms with Gasteiger partial charge in [0.2, 0.25) is 0 Å². The average Bonchev–Trinajstić information content (AvgIpc) is 3.08. The van der Waals surface area contributed by atoms with Gasteiger partial charge in [-0.3, -0.25) is 4.99 Å². The summed E-state index contributed by atoms with van der Waals surface area (Å²) in [6, 6.07) is 6.45. The summed E-state index contributed by atoms with van der Waals surface area (Å²) in [5.74, 6) is 2.65.